The largest absolute Gasteiger partial charge is 0.347 e. The molecule has 3 aromatic rings. The summed E-state index contributed by atoms with van der Waals surface area (Å²) in [4.78, 5) is 24.4. The Morgan fingerprint density at radius 1 is 0.885 bits per heavy atom. The van der Waals surface area contributed by atoms with Crippen LogP contribution in [0.25, 0.3) is 10.8 Å². The fourth-order valence-corrected chi connectivity index (χ4v) is 2.93. The summed E-state index contributed by atoms with van der Waals surface area (Å²) in [5.74, 6) is -0.401. The van der Waals surface area contributed by atoms with Crippen LogP contribution in [0.1, 0.15) is 16.7 Å². The number of carbonyl (C=O) groups is 2. The number of hydrogen-bond donors (Lipinski definition) is 2. The minimum absolute atomic E-state index is 0.0447. The molecule has 3 rings (SSSR count). The van der Waals surface area contributed by atoms with Crippen molar-refractivity contribution in [1.82, 2.24) is 5.32 Å². The van der Waals surface area contributed by atoms with Gasteiger partial charge in [-0.1, -0.05) is 54.6 Å². The zero-order chi connectivity index (χ0) is 18.5. The van der Waals surface area contributed by atoms with Gasteiger partial charge in [-0.25, -0.2) is 0 Å². The van der Waals surface area contributed by atoms with Crippen LogP contribution in [0, 0.1) is 13.8 Å². The number of hydrogen-bond acceptors (Lipinski definition) is 2. The molecule has 0 saturated heterocycles. The van der Waals surface area contributed by atoms with E-state index in [0.29, 0.717) is 0 Å². The van der Waals surface area contributed by atoms with Gasteiger partial charge in [0.2, 0.25) is 11.8 Å². The summed E-state index contributed by atoms with van der Waals surface area (Å²) in [5.41, 5.74) is 3.80. The number of benzene rings is 3. The van der Waals surface area contributed by atoms with Gasteiger partial charge in [0.15, 0.2) is 0 Å². The minimum atomic E-state index is -0.232. The molecule has 4 heteroatoms. The van der Waals surface area contributed by atoms with Gasteiger partial charge in [-0.3, -0.25) is 9.59 Å². The van der Waals surface area contributed by atoms with Crippen molar-refractivity contribution in [2.75, 3.05) is 11.9 Å². The summed E-state index contributed by atoms with van der Waals surface area (Å²) in [5, 5.41) is 7.71. The third kappa shape index (κ3) is 4.28. The van der Waals surface area contributed by atoms with Crippen molar-refractivity contribution in [3.05, 3.63) is 77.4 Å². The molecular formula is C22H22N2O2. The number of anilines is 1. The maximum Gasteiger partial charge on any atom is 0.243 e. The van der Waals surface area contributed by atoms with Gasteiger partial charge in [0, 0.05) is 5.69 Å². The minimum Gasteiger partial charge on any atom is -0.347 e. The Balaban J connectivity index is 1.58. The van der Waals surface area contributed by atoms with Gasteiger partial charge >= 0.3 is 0 Å². The molecule has 0 aliphatic carbocycles. The molecule has 0 fully saturated rings. The highest BCUT2D eigenvalue weighted by Crippen LogP contribution is 2.19. The standard InChI is InChI=1S/C22H22N2O2/c1-15-10-11-16(2)20(12-15)24-22(26)14-23-21(25)13-18-8-5-7-17-6-3-4-9-19(17)18/h3-12H,13-14H2,1-2H3,(H,23,25)(H,24,26). The van der Waals surface area contributed by atoms with Gasteiger partial charge in [0.1, 0.15) is 0 Å². The average Bonchev–Trinajstić information content (AvgIpc) is 2.63. The van der Waals surface area contributed by atoms with E-state index in [1.807, 2.05) is 74.5 Å². The maximum absolute atomic E-state index is 12.2. The molecule has 0 aliphatic rings. The summed E-state index contributed by atoms with van der Waals surface area (Å²) in [6, 6.07) is 19.8. The third-order valence-corrected chi connectivity index (χ3v) is 4.34. The predicted molar refractivity (Wildman–Crippen MR) is 105 cm³/mol. The first-order valence-electron chi connectivity index (χ1n) is 8.63. The highest BCUT2D eigenvalue weighted by atomic mass is 16.2. The lowest BCUT2D eigenvalue weighted by Gasteiger charge is -2.11. The topological polar surface area (TPSA) is 58.2 Å². The SMILES string of the molecule is Cc1ccc(C)c(NC(=O)CNC(=O)Cc2cccc3ccccc23)c1. The average molecular weight is 346 g/mol. The van der Waals surface area contributed by atoms with E-state index in [9.17, 15) is 9.59 Å². The van der Waals surface area contributed by atoms with Crippen LogP contribution in [0.15, 0.2) is 60.7 Å². The van der Waals surface area contributed by atoms with Gasteiger partial charge in [-0.05, 0) is 47.4 Å². The number of nitrogens with one attached hydrogen (secondary N) is 2. The molecule has 0 unspecified atom stereocenters. The van der Waals surface area contributed by atoms with Crippen LogP contribution >= 0.6 is 0 Å². The molecule has 0 aromatic heterocycles. The molecule has 0 saturated carbocycles. The molecule has 0 radical (unpaired) electrons. The van der Waals surface area contributed by atoms with Crippen molar-refractivity contribution in [2.45, 2.75) is 20.3 Å². The van der Waals surface area contributed by atoms with Gasteiger partial charge in [0.25, 0.3) is 0 Å². The molecule has 2 N–H and O–H groups in total. The van der Waals surface area contributed by atoms with E-state index in [1.165, 1.54) is 0 Å². The van der Waals surface area contributed by atoms with Crippen molar-refractivity contribution >= 4 is 28.3 Å². The molecule has 26 heavy (non-hydrogen) atoms. The van der Waals surface area contributed by atoms with Crippen molar-refractivity contribution in [3.8, 4) is 0 Å². The molecule has 4 nitrogen and oxygen atoms in total. The molecule has 132 valence electrons. The molecule has 0 aliphatic heterocycles. The van der Waals surface area contributed by atoms with Crippen LogP contribution in [-0.4, -0.2) is 18.4 Å². The van der Waals surface area contributed by atoms with Crippen LogP contribution in [0.3, 0.4) is 0 Å². The van der Waals surface area contributed by atoms with Crippen molar-refractivity contribution in [2.24, 2.45) is 0 Å². The first-order chi connectivity index (χ1) is 12.5. The molecule has 2 amide bonds. The van der Waals surface area contributed by atoms with Crippen LogP contribution < -0.4 is 10.6 Å². The van der Waals surface area contributed by atoms with E-state index in [2.05, 4.69) is 10.6 Å². The van der Waals surface area contributed by atoms with Crippen molar-refractivity contribution in [1.29, 1.82) is 0 Å². The maximum atomic E-state index is 12.2. The highest BCUT2D eigenvalue weighted by molar-refractivity contribution is 5.96. The first-order valence-corrected chi connectivity index (χ1v) is 8.63. The number of rotatable bonds is 5. The first kappa shape index (κ1) is 17.7. The number of amides is 2. The Hall–Kier alpha value is -3.14. The lowest BCUT2D eigenvalue weighted by atomic mass is 10.0. The quantitative estimate of drug-likeness (QED) is 0.739. The summed E-state index contributed by atoms with van der Waals surface area (Å²) in [7, 11) is 0. The van der Waals surface area contributed by atoms with Crippen LogP contribution in [-0.2, 0) is 16.0 Å². The van der Waals surface area contributed by atoms with Gasteiger partial charge in [-0.2, -0.15) is 0 Å². The molecule has 0 bridgehead atoms. The van der Waals surface area contributed by atoms with Crippen LogP contribution in [0.2, 0.25) is 0 Å². The monoisotopic (exact) mass is 346 g/mol. The molecule has 0 atom stereocenters. The Kier molecular flexibility index (Phi) is 5.32. The van der Waals surface area contributed by atoms with E-state index in [0.717, 1.165) is 33.2 Å². The molecular weight excluding hydrogens is 324 g/mol. The van der Waals surface area contributed by atoms with Crippen molar-refractivity contribution in [3.63, 3.8) is 0 Å². The van der Waals surface area contributed by atoms with Gasteiger partial charge in [0.05, 0.1) is 13.0 Å². The fourth-order valence-electron chi connectivity index (χ4n) is 2.93. The summed E-state index contributed by atoms with van der Waals surface area (Å²) in [6.45, 7) is 3.87. The second kappa shape index (κ2) is 7.83. The van der Waals surface area contributed by atoms with E-state index >= 15 is 0 Å². The lowest BCUT2D eigenvalue weighted by Crippen LogP contribution is -2.34. The second-order valence-corrected chi connectivity index (χ2v) is 6.46. The van der Waals surface area contributed by atoms with Crippen LogP contribution in [0.5, 0.6) is 0 Å². The number of aryl methyl sites for hydroxylation is 2. The second-order valence-electron chi connectivity index (χ2n) is 6.46. The predicted octanol–water partition coefficient (Wildman–Crippen LogP) is 3.75. The molecule has 0 spiro atoms. The van der Waals surface area contributed by atoms with E-state index < -0.39 is 0 Å². The van der Waals surface area contributed by atoms with E-state index in [1.54, 1.807) is 0 Å². The van der Waals surface area contributed by atoms with E-state index in [-0.39, 0.29) is 24.8 Å². The smallest absolute Gasteiger partial charge is 0.243 e. The fraction of sp³-hybridized carbons (Fsp3) is 0.182. The lowest BCUT2D eigenvalue weighted by molar-refractivity contribution is -0.123. The highest BCUT2D eigenvalue weighted by Gasteiger charge is 2.10. The molecule has 0 heterocycles. The Morgan fingerprint density at radius 2 is 1.65 bits per heavy atom. The van der Waals surface area contributed by atoms with E-state index in [4.69, 9.17) is 0 Å². The van der Waals surface area contributed by atoms with Gasteiger partial charge in [-0.15, -0.1) is 0 Å². The van der Waals surface area contributed by atoms with Crippen LogP contribution in [0.4, 0.5) is 5.69 Å². The van der Waals surface area contributed by atoms with Gasteiger partial charge < -0.3 is 10.6 Å². The zero-order valence-electron chi connectivity index (χ0n) is 15.0. The zero-order valence-corrected chi connectivity index (χ0v) is 15.0. The third-order valence-electron chi connectivity index (χ3n) is 4.34. The number of carbonyl (C=O) groups excluding carboxylic acids is 2. The summed E-state index contributed by atoms with van der Waals surface area (Å²) < 4.78 is 0. The normalized spacial score (nSPS) is 10.5. The summed E-state index contributed by atoms with van der Waals surface area (Å²) >= 11 is 0. The van der Waals surface area contributed by atoms with Crippen molar-refractivity contribution < 1.29 is 9.59 Å². The Bertz CT molecular complexity index is 958. The number of fused-ring (bicyclic) bond motifs is 1. The Labute approximate surface area is 153 Å². The Morgan fingerprint density at radius 3 is 2.50 bits per heavy atom. The molecule has 3 aromatic carbocycles. The summed E-state index contributed by atoms with van der Waals surface area (Å²) in [6.07, 6.45) is 0.248.